The molecule has 1 amide bonds. The molecular weight excluding hydrogens is 248 g/mol. The van der Waals surface area contributed by atoms with Gasteiger partial charge in [-0.2, -0.15) is 0 Å². The lowest BCUT2D eigenvalue weighted by Crippen LogP contribution is -2.15. The lowest BCUT2D eigenvalue weighted by molar-refractivity contribution is -0.131. The van der Waals surface area contributed by atoms with E-state index < -0.39 is 5.97 Å². The topological polar surface area (TPSA) is 88.5 Å². The third-order valence-corrected chi connectivity index (χ3v) is 2.15. The van der Waals surface area contributed by atoms with Gasteiger partial charge in [0.15, 0.2) is 0 Å². The van der Waals surface area contributed by atoms with Gasteiger partial charge in [-0.3, -0.25) is 4.79 Å². The van der Waals surface area contributed by atoms with E-state index in [-0.39, 0.29) is 12.3 Å². The van der Waals surface area contributed by atoms with Crippen molar-refractivity contribution in [1.82, 2.24) is 4.98 Å². The van der Waals surface area contributed by atoms with Crippen LogP contribution in [0.1, 0.15) is 18.9 Å². The van der Waals surface area contributed by atoms with Gasteiger partial charge in [-0.1, -0.05) is 0 Å². The Labute approximate surface area is 111 Å². The molecule has 6 nitrogen and oxygen atoms in total. The van der Waals surface area contributed by atoms with Crippen LogP contribution in [0.3, 0.4) is 0 Å². The number of hydrogen-bond donors (Lipinski definition) is 2. The molecule has 0 aromatic carbocycles. The Hall–Kier alpha value is -2.21. The molecule has 0 saturated carbocycles. The van der Waals surface area contributed by atoms with Crippen molar-refractivity contribution in [3.8, 4) is 0 Å². The van der Waals surface area contributed by atoms with Crippen LogP contribution in [0, 0.1) is 0 Å². The van der Waals surface area contributed by atoms with E-state index in [1.165, 1.54) is 12.3 Å². The quantitative estimate of drug-likeness (QED) is 0.576. The number of nitrogens with zero attached hydrogens (tertiary/aromatic N) is 1. The molecule has 0 aliphatic rings. The highest BCUT2D eigenvalue weighted by Crippen LogP contribution is 2.08. The first kappa shape index (κ1) is 14.8. The fourth-order valence-electron chi connectivity index (χ4n) is 1.30. The number of carbonyl (C=O) groups excluding carboxylic acids is 1. The minimum Gasteiger partial charge on any atom is -0.478 e. The number of ether oxygens (including phenoxy) is 1. The number of carboxylic acid groups (broad SMARTS) is 1. The molecule has 1 aromatic heterocycles. The second kappa shape index (κ2) is 7.99. The summed E-state index contributed by atoms with van der Waals surface area (Å²) >= 11 is 0. The number of carboxylic acids is 1. The zero-order valence-corrected chi connectivity index (χ0v) is 10.6. The lowest BCUT2D eigenvalue weighted by atomic mass is 10.2. The van der Waals surface area contributed by atoms with Crippen LogP contribution in [0.4, 0.5) is 5.82 Å². The molecule has 0 unspecified atom stereocenters. The summed E-state index contributed by atoms with van der Waals surface area (Å²) in [6.45, 7) is 2.79. The summed E-state index contributed by atoms with van der Waals surface area (Å²) in [4.78, 5) is 25.9. The summed E-state index contributed by atoms with van der Waals surface area (Å²) in [6.07, 6.45) is 4.21. The molecule has 0 radical (unpaired) electrons. The largest absolute Gasteiger partial charge is 0.478 e. The van der Waals surface area contributed by atoms with Gasteiger partial charge in [0, 0.05) is 18.9 Å². The fraction of sp³-hybridized carbons (Fsp3) is 0.308. The molecule has 19 heavy (non-hydrogen) atoms. The first-order valence-electron chi connectivity index (χ1n) is 5.86. The highest BCUT2D eigenvalue weighted by atomic mass is 16.5. The summed E-state index contributed by atoms with van der Waals surface area (Å²) in [5.74, 6) is -0.839. The summed E-state index contributed by atoms with van der Waals surface area (Å²) < 4.78 is 5.07. The minimum atomic E-state index is -1.03. The highest BCUT2D eigenvalue weighted by molar-refractivity contribution is 5.90. The van der Waals surface area contributed by atoms with E-state index in [1.54, 1.807) is 12.1 Å². The van der Waals surface area contributed by atoms with Crippen molar-refractivity contribution in [2.45, 2.75) is 13.3 Å². The highest BCUT2D eigenvalue weighted by Gasteiger charge is 2.03. The Morgan fingerprint density at radius 1 is 1.53 bits per heavy atom. The molecule has 0 aliphatic carbocycles. The summed E-state index contributed by atoms with van der Waals surface area (Å²) in [5, 5.41) is 11.1. The van der Waals surface area contributed by atoms with Crippen LogP contribution in [-0.2, 0) is 14.3 Å². The van der Waals surface area contributed by atoms with Gasteiger partial charge in [-0.15, -0.1) is 0 Å². The maximum atomic E-state index is 11.5. The van der Waals surface area contributed by atoms with E-state index in [0.717, 1.165) is 6.08 Å². The molecule has 1 rings (SSSR count). The maximum absolute atomic E-state index is 11.5. The first-order valence-corrected chi connectivity index (χ1v) is 5.86. The molecular formula is C13H16N2O4. The second-order valence-corrected chi connectivity index (χ2v) is 3.64. The Morgan fingerprint density at radius 2 is 2.32 bits per heavy atom. The molecule has 0 atom stereocenters. The summed E-state index contributed by atoms with van der Waals surface area (Å²) in [6, 6.07) is 3.24. The molecule has 0 fully saturated rings. The fourth-order valence-corrected chi connectivity index (χ4v) is 1.30. The van der Waals surface area contributed by atoms with Gasteiger partial charge >= 0.3 is 5.97 Å². The lowest BCUT2D eigenvalue weighted by Gasteiger charge is -2.05. The first-order chi connectivity index (χ1) is 9.11. The smallest absolute Gasteiger partial charge is 0.328 e. The third kappa shape index (κ3) is 6.32. The van der Waals surface area contributed by atoms with E-state index in [4.69, 9.17) is 9.84 Å². The van der Waals surface area contributed by atoms with Crippen LogP contribution in [0.15, 0.2) is 24.4 Å². The molecule has 6 heteroatoms. The van der Waals surface area contributed by atoms with Crippen LogP contribution < -0.4 is 5.32 Å². The predicted octanol–water partition coefficient (Wildman–Crippen LogP) is 1.54. The number of rotatable bonds is 7. The monoisotopic (exact) mass is 264 g/mol. The number of aliphatic carboxylic acids is 1. The third-order valence-electron chi connectivity index (χ3n) is 2.15. The number of amides is 1. The van der Waals surface area contributed by atoms with Crippen LogP contribution >= 0.6 is 0 Å². The van der Waals surface area contributed by atoms with Crippen molar-refractivity contribution in [2.24, 2.45) is 0 Å². The van der Waals surface area contributed by atoms with E-state index in [1.807, 2.05) is 6.92 Å². The molecule has 1 heterocycles. The number of anilines is 1. The molecule has 0 saturated heterocycles. The van der Waals surface area contributed by atoms with Crippen molar-refractivity contribution >= 4 is 23.8 Å². The number of hydrogen-bond acceptors (Lipinski definition) is 4. The van der Waals surface area contributed by atoms with E-state index in [9.17, 15) is 9.59 Å². The summed E-state index contributed by atoms with van der Waals surface area (Å²) in [5.41, 5.74) is 0.650. The SMILES string of the molecule is CCOCCC(=O)Nc1cc(/C=C/C(=O)O)ccn1. The zero-order chi connectivity index (χ0) is 14.1. The van der Waals surface area contributed by atoms with Crippen molar-refractivity contribution in [3.63, 3.8) is 0 Å². The van der Waals surface area contributed by atoms with Gasteiger partial charge in [0.05, 0.1) is 13.0 Å². The van der Waals surface area contributed by atoms with Gasteiger partial charge in [0.25, 0.3) is 0 Å². The van der Waals surface area contributed by atoms with Crippen LogP contribution in [0.5, 0.6) is 0 Å². The van der Waals surface area contributed by atoms with Crippen molar-refractivity contribution in [3.05, 3.63) is 30.0 Å². The second-order valence-electron chi connectivity index (χ2n) is 3.64. The number of nitrogens with one attached hydrogen (secondary N) is 1. The minimum absolute atomic E-state index is 0.194. The standard InChI is InChI=1S/C13H16N2O4/c1-2-19-8-6-12(16)15-11-9-10(5-7-14-11)3-4-13(17)18/h3-5,7,9H,2,6,8H2,1H3,(H,17,18)(H,14,15,16)/b4-3+. The van der Waals surface area contributed by atoms with Crippen molar-refractivity contribution < 1.29 is 19.4 Å². The molecule has 1 aromatic rings. The van der Waals surface area contributed by atoms with Crippen molar-refractivity contribution in [2.75, 3.05) is 18.5 Å². The number of aromatic nitrogens is 1. The van der Waals surface area contributed by atoms with Gasteiger partial charge in [0.2, 0.25) is 5.91 Å². The number of pyridine rings is 1. The Balaban J connectivity index is 2.56. The molecule has 2 N–H and O–H groups in total. The van der Waals surface area contributed by atoms with Crippen LogP contribution in [0.25, 0.3) is 6.08 Å². The Morgan fingerprint density at radius 3 is 3.00 bits per heavy atom. The molecule has 0 bridgehead atoms. The summed E-state index contributed by atoms with van der Waals surface area (Å²) in [7, 11) is 0. The van der Waals surface area contributed by atoms with Crippen LogP contribution in [0.2, 0.25) is 0 Å². The van der Waals surface area contributed by atoms with E-state index in [0.29, 0.717) is 24.6 Å². The normalized spacial score (nSPS) is 10.6. The average molecular weight is 264 g/mol. The zero-order valence-electron chi connectivity index (χ0n) is 10.6. The van der Waals surface area contributed by atoms with E-state index >= 15 is 0 Å². The maximum Gasteiger partial charge on any atom is 0.328 e. The molecule has 0 aliphatic heterocycles. The van der Waals surface area contributed by atoms with Crippen molar-refractivity contribution in [1.29, 1.82) is 0 Å². The molecule has 102 valence electrons. The Bertz CT molecular complexity index is 471. The van der Waals surface area contributed by atoms with E-state index in [2.05, 4.69) is 10.3 Å². The van der Waals surface area contributed by atoms with Gasteiger partial charge in [0.1, 0.15) is 5.82 Å². The van der Waals surface area contributed by atoms with Gasteiger partial charge in [-0.25, -0.2) is 9.78 Å². The van der Waals surface area contributed by atoms with Gasteiger partial charge in [-0.05, 0) is 30.7 Å². The predicted molar refractivity (Wildman–Crippen MR) is 70.6 cm³/mol. The average Bonchev–Trinajstić information content (AvgIpc) is 2.37. The van der Waals surface area contributed by atoms with Gasteiger partial charge < -0.3 is 15.2 Å². The number of carbonyl (C=O) groups is 2. The van der Waals surface area contributed by atoms with Crippen LogP contribution in [-0.4, -0.2) is 35.2 Å². The Kier molecular flexibility index (Phi) is 6.25. The molecule has 0 spiro atoms.